The van der Waals surface area contributed by atoms with Crippen LogP contribution >= 0.6 is 0 Å². The van der Waals surface area contributed by atoms with Crippen molar-refractivity contribution < 1.29 is 9.90 Å². The zero-order valence-electron chi connectivity index (χ0n) is 13.8. The topological polar surface area (TPSA) is 92.1 Å². The molecule has 2 heterocycles. The summed E-state index contributed by atoms with van der Waals surface area (Å²) in [5.74, 6) is 0.645. The maximum Gasteiger partial charge on any atom is 0.320 e. The Morgan fingerprint density at radius 3 is 2.83 bits per heavy atom. The van der Waals surface area contributed by atoms with E-state index in [0.29, 0.717) is 12.4 Å². The summed E-state index contributed by atoms with van der Waals surface area (Å²) in [7, 11) is 0. The van der Waals surface area contributed by atoms with Gasteiger partial charge in [-0.25, -0.2) is 9.48 Å². The molecule has 7 nitrogen and oxygen atoms in total. The average molecular weight is 329 g/mol. The highest BCUT2D eigenvalue weighted by atomic mass is 16.3. The van der Waals surface area contributed by atoms with Crippen molar-refractivity contribution in [3.8, 4) is 0 Å². The van der Waals surface area contributed by atoms with E-state index in [0.717, 1.165) is 37.1 Å². The van der Waals surface area contributed by atoms with Crippen LogP contribution in [0.1, 0.15) is 37.1 Å². The van der Waals surface area contributed by atoms with Crippen molar-refractivity contribution in [3.63, 3.8) is 0 Å². The average Bonchev–Trinajstić information content (AvgIpc) is 2.89. The molecule has 2 aromatic heterocycles. The second-order valence-electron chi connectivity index (χ2n) is 6.25. The molecule has 128 valence electrons. The lowest BCUT2D eigenvalue weighted by atomic mass is 9.93. The molecule has 2 amide bonds. The Hall–Kier alpha value is -2.41. The first-order valence-corrected chi connectivity index (χ1v) is 8.30. The first-order chi connectivity index (χ1) is 11.6. The number of carbonyl (C=O) groups excluding carboxylic acids is 1. The van der Waals surface area contributed by atoms with E-state index in [9.17, 15) is 9.90 Å². The number of aryl methyl sites for hydroxylation is 1. The number of rotatable bonds is 4. The lowest BCUT2D eigenvalue weighted by molar-refractivity contribution is 0.118. The largest absolute Gasteiger partial charge is 0.393 e. The third-order valence-corrected chi connectivity index (χ3v) is 4.21. The summed E-state index contributed by atoms with van der Waals surface area (Å²) in [6.07, 6.45) is 4.60. The first kappa shape index (κ1) is 16.4. The Balaban J connectivity index is 1.61. The van der Waals surface area contributed by atoms with E-state index in [1.807, 2.05) is 31.2 Å². The molecule has 7 heteroatoms. The first-order valence-electron chi connectivity index (χ1n) is 8.30. The number of nitrogens with zero attached hydrogens (tertiary/aromatic N) is 3. The molecule has 0 radical (unpaired) electrons. The van der Waals surface area contributed by atoms with Crippen molar-refractivity contribution in [2.75, 3.05) is 5.32 Å². The molecule has 0 aromatic carbocycles. The van der Waals surface area contributed by atoms with E-state index in [2.05, 4.69) is 20.7 Å². The highest BCUT2D eigenvalue weighted by Gasteiger charge is 2.21. The van der Waals surface area contributed by atoms with Crippen LogP contribution in [0.2, 0.25) is 0 Å². The number of nitrogens with one attached hydrogen (secondary N) is 2. The van der Waals surface area contributed by atoms with Gasteiger partial charge in [0.25, 0.3) is 0 Å². The number of urea groups is 1. The van der Waals surface area contributed by atoms with Crippen LogP contribution in [0.25, 0.3) is 0 Å². The van der Waals surface area contributed by atoms with Crippen LogP contribution in [-0.2, 0) is 6.54 Å². The van der Waals surface area contributed by atoms with Gasteiger partial charge in [-0.1, -0.05) is 6.07 Å². The predicted molar refractivity (Wildman–Crippen MR) is 90.7 cm³/mol. The van der Waals surface area contributed by atoms with Crippen molar-refractivity contribution in [2.45, 2.75) is 51.3 Å². The highest BCUT2D eigenvalue weighted by Crippen LogP contribution is 2.18. The summed E-state index contributed by atoms with van der Waals surface area (Å²) in [5, 5.41) is 19.8. The SMILES string of the molecule is Cc1cc(NC(=O)NC2CCC(O)CC2)n(Cc2ccccn2)n1. The van der Waals surface area contributed by atoms with Gasteiger partial charge in [0.05, 0.1) is 24.0 Å². The lowest BCUT2D eigenvalue weighted by Crippen LogP contribution is -2.41. The normalized spacial score (nSPS) is 20.6. The van der Waals surface area contributed by atoms with Gasteiger partial charge >= 0.3 is 6.03 Å². The van der Waals surface area contributed by atoms with Gasteiger partial charge < -0.3 is 10.4 Å². The molecule has 1 fully saturated rings. The minimum atomic E-state index is -0.237. The Morgan fingerprint density at radius 1 is 1.33 bits per heavy atom. The Bertz CT molecular complexity index is 678. The Labute approximate surface area is 141 Å². The molecular weight excluding hydrogens is 306 g/mol. The molecule has 3 rings (SSSR count). The Morgan fingerprint density at radius 2 is 2.12 bits per heavy atom. The van der Waals surface area contributed by atoms with E-state index in [1.54, 1.807) is 10.9 Å². The number of aliphatic hydroxyl groups excluding tert-OH is 1. The number of amides is 2. The standard InChI is InChI=1S/C17H23N5O2/c1-12-10-16(22(21-12)11-14-4-2-3-9-18-14)20-17(24)19-13-5-7-15(23)8-6-13/h2-4,9-10,13,15,23H,5-8,11H2,1H3,(H2,19,20,24). The minimum Gasteiger partial charge on any atom is -0.393 e. The van der Waals surface area contributed by atoms with E-state index >= 15 is 0 Å². The molecule has 0 bridgehead atoms. The number of hydrogen-bond donors (Lipinski definition) is 3. The maximum atomic E-state index is 12.2. The van der Waals surface area contributed by atoms with Crippen molar-refractivity contribution in [1.82, 2.24) is 20.1 Å². The molecule has 1 saturated carbocycles. The van der Waals surface area contributed by atoms with Crippen molar-refractivity contribution in [3.05, 3.63) is 41.9 Å². The number of aliphatic hydroxyl groups is 1. The van der Waals surface area contributed by atoms with Crippen LogP contribution in [0.3, 0.4) is 0 Å². The number of carbonyl (C=O) groups is 1. The smallest absolute Gasteiger partial charge is 0.320 e. The summed E-state index contributed by atoms with van der Waals surface area (Å²) >= 11 is 0. The summed E-state index contributed by atoms with van der Waals surface area (Å²) in [6.45, 7) is 2.39. The van der Waals surface area contributed by atoms with Crippen LogP contribution in [-0.4, -0.2) is 38.0 Å². The highest BCUT2D eigenvalue weighted by molar-refractivity contribution is 5.88. The zero-order valence-corrected chi connectivity index (χ0v) is 13.8. The fourth-order valence-electron chi connectivity index (χ4n) is 2.97. The second-order valence-corrected chi connectivity index (χ2v) is 6.25. The molecule has 1 aliphatic rings. The molecule has 0 saturated heterocycles. The molecule has 2 aromatic rings. The molecule has 0 spiro atoms. The minimum absolute atomic E-state index is 0.113. The molecule has 3 N–H and O–H groups in total. The molecule has 0 unspecified atom stereocenters. The molecule has 0 aliphatic heterocycles. The quantitative estimate of drug-likeness (QED) is 0.800. The summed E-state index contributed by atoms with van der Waals surface area (Å²) in [6, 6.07) is 7.43. The van der Waals surface area contributed by atoms with Gasteiger partial charge in [0.1, 0.15) is 5.82 Å². The molecular formula is C17H23N5O2. The second kappa shape index (κ2) is 7.44. The van der Waals surface area contributed by atoms with E-state index < -0.39 is 0 Å². The van der Waals surface area contributed by atoms with Gasteiger partial charge in [0, 0.05) is 18.3 Å². The van der Waals surface area contributed by atoms with Gasteiger partial charge in [0.15, 0.2) is 0 Å². The van der Waals surface area contributed by atoms with Crippen LogP contribution in [0.15, 0.2) is 30.5 Å². The van der Waals surface area contributed by atoms with Gasteiger partial charge in [-0.05, 0) is 44.7 Å². The van der Waals surface area contributed by atoms with Crippen molar-refractivity contribution in [2.24, 2.45) is 0 Å². The number of hydrogen-bond acceptors (Lipinski definition) is 4. The van der Waals surface area contributed by atoms with E-state index in [-0.39, 0.29) is 18.2 Å². The lowest BCUT2D eigenvalue weighted by Gasteiger charge is -2.26. The Kier molecular flexibility index (Phi) is 5.10. The van der Waals surface area contributed by atoms with Crippen LogP contribution in [0, 0.1) is 6.92 Å². The summed E-state index contributed by atoms with van der Waals surface area (Å²) in [5.41, 5.74) is 1.72. The molecule has 0 atom stereocenters. The predicted octanol–water partition coefficient (Wildman–Crippen LogP) is 2.06. The van der Waals surface area contributed by atoms with Gasteiger partial charge in [-0.2, -0.15) is 5.10 Å². The molecule has 1 aliphatic carbocycles. The summed E-state index contributed by atoms with van der Waals surface area (Å²) < 4.78 is 1.74. The van der Waals surface area contributed by atoms with Gasteiger partial charge in [0.2, 0.25) is 0 Å². The van der Waals surface area contributed by atoms with E-state index in [4.69, 9.17) is 0 Å². The van der Waals surface area contributed by atoms with Crippen LogP contribution in [0.5, 0.6) is 0 Å². The third-order valence-electron chi connectivity index (χ3n) is 4.21. The maximum absolute atomic E-state index is 12.2. The fourth-order valence-corrected chi connectivity index (χ4v) is 2.97. The third kappa shape index (κ3) is 4.32. The number of aromatic nitrogens is 3. The van der Waals surface area contributed by atoms with Crippen molar-refractivity contribution >= 4 is 11.8 Å². The van der Waals surface area contributed by atoms with Crippen LogP contribution < -0.4 is 10.6 Å². The fraction of sp³-hybridized carbons (Fsp3) is 0.471. The zero-order chi connectivity index (χ0) is 16.9. The van der Waals surface area contributed by atoms with Gasteiger partial charge in [-0.3, -0.25) is 10.3 Å². The van der Waals surface area contributed by atoms with Crippen molar-refractivity contribution in [1.29, 1.82) is 0 Å². The molecule has 24 heavy (non-hydrogen) atoms. The summed E-state index contributed by atoms with van der Waals surface area (Å²) in [4.78, 5) is 16.5. The monoisotopic (exact) mass is 329 g/mol. The van der Waals surface area contributed by atoms with E-state index in [1.165, 1.54) is 0 Å². The number of anilines is 1. The number of pyridine rings is 1. The van der Waals surface area contributed by atoms with Gasteiger partial charge in [-0.15, -0.1) is 0 Å². The van der Waals surface area contributed by atoms with Crippen LogP contribution in [0.4, 0.5) is 10.6 Å².